The number of hydrazone groups is 1. The van der Waals surface area contributed by atoms with E-state index in [0.717, 1.165) is 5.56 Å². The number of ether oxygens (including phenoxy) is 3. The first-order chi connectivity index (χ1) is 15.0. The molecule has 0 spiro atoms. The van der Waals surface area contributed by atoms with Gasteiger partial charge >= 0.3 is 0 Å². The van der Waals surface area contributed by atoms with Crippen molar-refractivity contribution in [2.45, 2.75) is 6.61 Å². The number of hydrogen-bond acceptors (Lipinski definition) is 6. The van der Waals surface area contributed by atoms with Crippen LogP contribution in [-0.4, -0.2) is 31.4 Å². The molecule has 0 saturated carbocycles. The topological polar surface area (TPSA) is 89.4 Å². The maximum atomic E-state index is 12.2. The average Bonchev–Trinajstić information content (AvgIpc) is 2.78. The third-order valence-corrected chi connectivity index (χ3v) is 4.90. The van der Waals surface area contributed by atoms with Crippen LogP contribution in [0, 0.1) is 0 Å². The molecule has 0 bridgehead atoms. The van der Waals surface area contributed by atoms with Crippen molar-refractivity contribution in [3.05, 3.63) is 81.8 Å². The highest BCUT2D eigenvalue weighted by atomic mass is 79.9. The maximum Gasteiger partial charge on any atom is 0.275 e. The van der Waals surface area contributed by atoms with Gasteiger partial charge < -0.3 is 19.3 Å². The Bertz CT molecular complexity index is 1090. The van der Waals surface area contributed by atoms with E-state index in [-0.39, 0.29) is 11.3 Å². The molecule has 3 aromatic rings. The van der Waals surface area contributed by atoms with Crippen LogP contribution in [0.2, 0.25) is 0 Å². The van der Waals surface area contributed by atoms with E-state index < -0.39 is 5.91 Å². The van der Waals surface area contributed by atoms with Gasteiger partial charge in [-0.3, -0.25) is 4.79 Å². The van der Waals surface area contributed by atoms with Gasteiger partial charge in [0.15, 0.2) is 11.5 Å². The molecule has 3 aromatic carbocycles. The van der Waals surface area contributed by atoms with Gasteiger partial charge in [-0.25, -0.2) is 5.43 Å². The third kappa shape index (κ3) is 5.76. The fraction of sp³-hybridized carbons (Fsp3) is 0.130. The highest BCUT2D eigenvalue weighted by Gasteiger charge is 2.13. The molecule has 0 aromatic heterocycles. The largest absolute Gasteiger partial charge is 0.507 e. The average molecular weight is 485 g/mol. The number of carbonyl (C=O) groups excluding carboxylic acids is 1. The Morgan fingerprint density at radius 3 is 2.55 bits per heavy atom. The van der Waals surface area contributed by atoms with Crippen molar-refractivity contribution in [3.63, 3.8) is 0 Å². The zero-order chi connectivity index (χ0) is 22.2. The second kappa shape index (κ2) is 10.5. The Hall–Kier alpha value is -3.52. The van der Waals surface area contributed by atoms with Crippen molar-refractivity contribution in [1.82, 2.24) is 5.43 Å². The van der Waals surface area contributed by atoms with Crippen molar-refractivity contribution in [2.24, 2.45) is 5.10 Å². The van der Waals surface area contributed by atoms with Crippen LogP contribution < -0.4 is 19.6 Å². The van der Waals surface area contributed by atoms with Crippen LogP contribution in [0.4, 0.5) is 0 Å². The summed E-state index contributed by atoms with van der Waals surface area (Å²) in [6.07, 6.45) is 1.47. The molecule has 0 aliphatic rings. The molecule has 0 unspecified atom stereocenters. The molecule has 0 aliphatic carbocycles. The number of benzene rings is 3. The fourth-order valence-electron chi connectivity index (χ4n) is 2.74. The normalized spacial score (nSPS) is 10.7. The molecule has 0 radical (unpaired) electrons. The lowest BCUT2D eigenvalue weighted by Crippen LogP contribution is -2.17. The number of amides is 1. The molecular formula is C23H21BrN2O5. The Morgan fingerprint density at radius 1 is 1.10 bits per heavy atom. The van der Waals surface area contributed by atoms with Crippen LogP contribution in [0.15, 0.2) is 70.2 Å². The van der Waals surface area contributed by atoms with E-state index in [4.69, 9.17) is 14.2 Å². The second-order valence-corrected chi connectivity index (χ2v) is 7.24. The number of carbonyl (C=O) groups is 1. The van der Waals surface area contributed by atoms with Gasteiger partial charge in [0.25, 0.3) is 5.91 Å². The molecule has 1 amide bonds. The zero-order valence-corrected chi connectivity index (χ0v) is 18.5. The molecule has 0 heterocycles. The predicted molar refractivity (Wildman–Crippen MR) is 121 cm³/mol. The summed E-state index contributed by atoms with van der Waals surface area (Å²) in [6.45, 7) is 0.393. The summed E-state index contributed by atoms with van der Waals surface area (Å²) in [5.41, 5.74) is 4.18. The summed E-state index contributed by atoms with van der Waals surface area (Å²) < 4.78 is 17.0. The lowest BCUT2D eigenvalue weighted by atomic mass is 10.2. The van der Waals surface area contributed by atoms with E-state index >= 15 is 0 Å². The molecule has 0 aliphatic heterocycles. The van der Waals surface area contributed by atoms with Gasteiger partial charge in [-0.2, -0.15) is 5.10 Å². The predicted octanol–water partition coefficient (Wildman–Crippen LogP) is 4.51. The van der Waals surface area contributed by atoms with Crippen LogP contribution in [0.3, 0.4) is 0 Å². The molecule has 8 heteroatoms. The quantitative estimate of drug-likeness (QED) is 0.362. The summed E-state index contributed by atoms with van der Waals surface area (Å²) in [5.74, 6) is 0.785. The Balaban J connectivity index is 1.69. The summed E-state index contributed by atoms with van der Waals surface area (Å²) in [6, 6.07) is 17.7. The first-order valence-corrected chi connectivity index (χ1v) is 10.1. The van der Waals surface area contributed by atoms with Gasteiger partial charge in [0, 0.05) is 6.07 Å². The molecule has 0 atom stereocenters. The Kier molecular flexibility index (Phi) is 7.50. The van der Waals surface area contributed by atoms with E-state index in [2.05, 4.69) is 26.5 Å². The van der Waals surface area contributed by atoms with Crippen molar-refractivity contribution < 1.29 is 24.1 Å². The minimum absolute atomic E-state index is 0.0846. The molecule has 31 heavy (non-hydrogen) atoms. The molecule has 0 saturated heterocycles. The summed E-state index contributed by atoms with van der Waals surface area (Å²) >= 11 is 3.49. The first kappa shape index (κ1) is 22.2. The minimum Gasteiger partial charge on any atom is -0.507 e. The number of phenolic OH excluding ortho intramolecular Hbond substituents is 1. The van der Waals surface area contributed by atoms with Gasteiger partial charge in [0.05, 0.1) is 30.5 Å². The van der Waals surface area contributed by atoms with Gasteiger partial charge in [-0.15, -0.1) is 0 Å². The van der Waals surface area contributed by atoms with E-state index in [1.807, 2.05) is 30.3 Å². The standard InChI is InChI=1S/C23H21BrN2O5/c1-29-17-8-9-18(20(27)12-17)23(28)26-25-13-16-10-19(24)22(21(11-16)30-2)31-14-15-6-4-3-5-7-15/h3-13,27H,14H2,1-2H3,(H,26,28)/b25-13-. The fourth-order valence-corrected chi connectivity index (χ4v) is 3.31. The molecule has 2 N–H and O–H groups in total. The van der Waals surface area contributed by atoms with Crippen LogP contribution in [0.1, 0.15) is 21.5 Å². The van der Waals surface area contributed by atoms with Gasteiger partial charge in [-0.05, 0) is 51.3 Å². The van der Waals surface area contributed by atoms with Crippen molar-refractivity contribution in [1.29, 1.82) is 0 Å². The highest BCUT2D eigenvalue weighted by Crippen LogP contribution is 2.36. The smallest absolute Gasteiger partial charge is 0.275 e. The van der Waals surface area contributed by atoms with Crippen LogP contribution in [0.5, 0.6) is 23.0 Å². The molecule has 3 rings (SSSR count). The first-order valence-electron chi connectivity index (χ1n) is 9.26. The SMILES string of the molecule is COc1ccc(C(=O)N/N=C\c2cc(Br)c(OCc3ccccc3)c(OC)c2)c(O)c1. The summed E-state index contributed by atoms with van der Waals surface area (Å²) in [7, 11) is 3.02. The van der Waals surface area contributed by atoms with Crippen LogP contribution in [0.25, 0.3) is 0 Å². The number of halogens is 1. The number of aromatic hydroxyl groups is 1. The lowest BCUT2D eigenvalue weighted by Gasteiger charge is -2.13. The van der Waals surface area contributed by atoms with E-state index in [9.17, 15) is 9.90 Å². The number of nitrogens with one attached hydrogen (secondary N) is 1. The van der Waals surface area contributed by atoms with Crippen molar-refractivity contribution in [2.75, 3.05) is 14.2 Å². The number of hydrogen-bond donors (Lipinski definition) is 2. The minimum atomic E-state index is -0.551. The van der Waals surface area contributed by atoms with Gasteiger partial charge in [0.2, 0.25) is 0 Å². The van der Waals surface area contributed by atoms with Crippen LogP contribution in [-0.2, 0) is 6.61 Å². The number of rotatable bonds is 8. The second-order valence-electron chi connectivity index (χ2n) is 6.39. The molecule has 7 nitrogen and oxygen atoms in total. The van der Waals surface area contributed by atoms with E-state index in [1.54, 1.807) is 25.3 Å². The third-order valence-electron chi connectivity index (χ3n) is 4.31. The highest BCUT2D eigenvalue weighted by molar-refractivity contribution is 9.10. The Morgan fingerprint density at radius 2 is 1.87 bits per heavy atom. The molecule has 0 fully saturated rings. The Labute approximate surface area is 188 Å². The number of methoxy groups -OCH3 is 2. The van der Waals surface area contributed by atoms with Crippen molar-refractivity contribution in [3.8, 4) is 23.0 Å². The monoisotopic (exact) mass is 484 g/mol. The van der Waals surface area contributed by atoms with Gasteiger partial charge in [-0.1, -0.05) is 30.3 Å². The number of nitrogens with zero attached hydrogens (tertiary/aromatic N) is 1. The van der Waals surface area contributed by atoms with Crippen LogP contribution >= 0.6 is 15.9 Å². The maximum absolute atomic E-state index is 12.2. The summed E-state index contributed by atoms with van der Waals surface area (Å²) in [5, 5.41) is 13.9. The van der Waals surface area contributed by atoms with E-state index in [1.165, 1.54) is 25.5 Å². The summed E-state index contributed by atoms with van der Waals surface area (Å²) in [4.78, 5) is 12.2. The zero-order valence-electron chi connectivity index (χ0n) is 17.0. The van der Waals surface area contributed by atoms with E-state index in [0.29, 0.717) is 33.9 Å². The van der Waals surface area contributed by atoms with Gasteiger partial charge in [0.1, 0.15) is 18.1 Å². The van der Waals surface area contributed by atoms with Crippen molar-refractivity contribution >= 4 is 28.1 Å². The molecular weight excluding hydrogens is 464 g/mol. The molecule has 160 valence electrons. The number of phenols is 1. The lowest BCUT2D eigenvalue weighted by molar-refractivity contribution is 0.0952.